The van der Waals surface area contributed by atoms with Crippen molar-refractivity contribution >= 4 is 12.1 Å². The molecule has 0 unspecified atom stereocenters. The molecular formula is C20H30N2O4. The predicted octanol–water partition coefficient (Wildman–Crippen LogP) is 2.78. The molecule has 4 N–H and O–H groups in total. The summed E-state index contributed by atoms with van der Waals surface area (Å²) in [6, 6.07) is 10.1. The Bertz CT molecular complexity index is 607. The van der Waals surface area contributed by atoms with E-state index in [1.165, 1.54) is 5.56 Å². The number of rotatable bonds is 7. The van der Waals surface area contributed by atoms with Crippen LogP contribution in [-0.2, 0) is 20.7 Å². The molecule has 1 saturated carbocycles. The number of ether oxygens (including phenoxy) is 2. The van der Waals surface area contributed by atoms with Crippen LogP contribution < -0.4 is 11.5 Å². The summed E-state index contributed by atoms with van der Waals surface area (Å²) < 4.78 is 10.7. The van der Waals surface area contributed by atoms with E-state index in [9.17, 15) is 9.59 Å². The Balaban J connectivity index is 2.03. The van der Waals surface area contributed by atoms with Gasteiger partial charge in [0.05, 0.1) is 12.5 Å². The zero-order valence-corrected chi connectivity index (χ0v) is 15.7. The highest BCUT2D eigenvalue weighted by molar-refractivity contribution is 5.73. The fraction of sp³-hybridized carbons (Fsp3) is 0.600. The molecule has 0 saturated heterocycles. The third-order valence-electron chi connectivity index (χ3n) is 5.19. The van der Waals surface area contributed by atoms with Gasteiger partial charge in [-0.1, -0.05) is 30.3 Å². The fourth-order valence-electron chi connectivity index (χ4n) is 3.49. The average Bonchev–Trinajstić information content (AvgIpc) is 2.61. The van der Waals surface area contributed by atoms with E-state index in [-0.39, 0.29) is 30.5 Å². The number of amides is 1. The molecule has 0 atom stereocenters. The van der Waals surface area contributed by atoms with Crippen LogP contribution >= 0.6 is 0 Å². The van der Waals surface area contributed by atoms with E-state index < -0.39 is 11.7 Å². The minimum atomic E-state index is -0.760. The molecule has 6 heteroatoms. The van der Waals surface area contributed by atoms with Crippen molar-refractivity contribution < 1.29 is 19.1 Å². The highest BCUT2D eigenvalue weighted by Gasteiger charge is 2.40. The van der Waals surface area contributed by atoms with Gasteiger partial charge in [-0.25, -0.2) is 4.79 Å². The summed E-state index contributed by atoms with van der Waals surface area (Å²) in [6.45, 7) is 4.19. The van der Waals surface area contributed by atoms with E-state index in [0.717, 1.165) is 19.3 Å². The van der Waals surface area contributed by atoms with Crippen LogP contribution in [0.5, 0.6) is 0 Å². The van der Waals surface area contributed by atoms with E-state index in [2.05, 4.69) is 12.1 Å². The molecule has 0 aliphatic heterocycles. The van der Waals surface area contributed by atoms with Crippen LogP contribution in [0.2, 0.25) is 0 Å². The Morgan fingerprint density at radius 1 is 1.19 bits per heavy atom. The monoisotopic (exact) mass is 362 g/mol. The van der Waals surface area contributed by atoms with Crippen molar-refractivity contribution in [2.24, 2.45) is 22.8 Å². The summed E-state index contributed by atoms with van der Waals surface area (Å²) in [5, 5.41) is 0. The van der Waals surface area contributed by atoms with Crippen molar-refractivity contribution in [3.05, 3.63) is 35.9 Å². The van der Waals surface area contributed by atoms with E-state index in [0.29, 0.717) is 12.8 Å². The minimum Gasteiger partial charge on any atom is -0.458 e. The number of nitrogens with two attached hydrogens (primary N) is 2. The number of carbonyl (C=O) groups excluding carboxylic acids is 2. The molecule has 1 aliphatic rings. The number of benzene rings is 1. The second-order valence-electron chi connectivity index (χ2n) is 7.93. The standard InChI is InChI=1S/C20H30N2O4/c1-19(2,13-21)26-17(23)16-8-10-20(11-9-16,14-25-18(22)24)12-15-6-4-3-5-7-15/h3-7,16H,8-14,21H2,1-2H3,(H2,22,24). The van der Waals surface area contributed by atoms with Crippen LogP contribution in [0.1, 0.15) is 45.1 Å². The van der Waals surface area contributed by atoms with Crippen molar-refractivity contribution in [1.82, 2.24) is 0 Å². The first-order chi connectivity index (χ1) is 12.3. The number of carbonyl (C=O) groups is 2. The number of hydrogen-bond donors (Lipinski definition) is 2. The molecule has 0 radical (unpaired) electrons. The largest absolute Gasteiger partial charge is 0.458 e. The number of esters is 1. The van der Waals surface area contributed by atoms with Crippen molar-refractivity contribution in [2.45, 2.75) is 51.6 Å². The molecule has 144 valence electrons. The molecule has 1 amide bonds. The molecule has 0 heterocycles. The molecule has 26 heavy (non-hydrogen) atoms. The second kappa shape index (κ2) is 8.54. The molecule has 1 aromatic carbocycles. The Kier molecular flexibility index (Phi) is 6.64. The summed E-state index contributed by atoms with van der Waals surface area (Å²) in [5.74, 6) is -0.331. The van der Waals surface area contributed by atoms with Gasteiger partial charge in [-0.15, -0.1) is 0 Å². The van der Waals surface area contributed by atoms with Gasteiger partial charge in [0.1, 0.15) is 5.60 Å². The topological polar surface area (TPSA) is 105 Å². The molecular weight excluding hydrogens is 332 g/mol. The van der Waals surface area contributed by atoms with Gasteiger partial charge >= 0.3 is 12.1 Å². The summed E-state index contributed by atoms with van der Waals surface area (Å²) in [6.07, 6.45) is 2.99. The van der Waals surface area contributed by atoms with Crippen LogP contribution in [0.15, 0.2) is 30.3 Å². The summed E-state index contributed by atoms with van der Waals surface area (Å²) in [5.41, 5.74) is 11.2. The van der Waals surface area contributed by atoms with Gasteiger partial charge in [0.25, 0.3) is 0 Å². The Labute approximate surface area is 155 Å². The van der Waals surface area contributed by atoms with E-state index >= 15 is 0 Å². The Hall–Kier alpha value is -2.08. The first kappa shape index (κ1) is 20.2. The molecule has 2 rings (SSSR count). The Morgan fingerprint density at radius 3 is 2.35 bits per heavy atom. The highest BCUT2D eigenvalue weighted by Crippen LogP contribution is 2.42. The van der Waals surface area contributed by atoms with Crippen LogP contribution in [0, 0.1) is 11.3 Å². The van der Waals surface area contributed by atoms with Gasteiger partial charge in [-0.2, -0.15) is 0 Å². The van der Waals surface area contributed by atoms with Crippen molar-refractivity contribution in [2.75, 3.05) is 13.2 Å². The van der Waals surface area contributed by atoms with Crippen LogP contribution in [-0.4, -0.2) is 30.8 Å². The van der Waals surface area contributed by atoms with E-state index in [4.69, 9.17) is 20.9 Å². The number of primary amides is 1. The van der Waals surface area contributed by atoms with Crippen LogP contribution in [0.3, 0.4) is 0 Å². The second-order valence-corrected chi connectivity index (χ2v) is 7.93. The van der Waals surface area contributed by atoms with Gasteiger partial charge in [-0.05, 0) is 51.5 Å². The zero-order chi connectivity index (χ0) is 19.2. The van der Waals surface area contributed by atoms with E-state index in [1.54, 1.807) is 0 Å². The molecule has 6 nitrogen and oxygen atoms in total. The third kappa shape index (κ3) is 5.73. The smallest absolute Gasteiger partial charge is 0.404 e. The maximum Gasteiger partial charge on any atom is 0.404 e. The molecule has 0 bridgehead atoms. The lowest BCUT2D eigenvalue weighted by molar-refractivity contribution is -0.163. The maximum atomic E-state index is 12.4. The van der Waals surface area contributed by atoms with Crippen LogP contribution in [0.4, 0.5) is 4.79 Å². The van der Waals surface area contributed by atoms with Gasteiger partial charge < -0.3 is 20.9 Å². The average molecular weight is 362 g/mol. The number of hydrogen-bond acceptors (Lipinski definition) is 5. The van der Waals surface area contributed by atoms with Gasteiger partial charge in [0.15, 0.2) is 0 Å². The molecule has 1 aromatic rings. The third-order valence-corrected chi connectivity index (χ3v) is 5.19. The summed E-state index contributed by atoms with van der Waals surface area (Å²) in [4.78, 5) is 23.5. The highest BCUT2D eigenvalue weighted by atomic mass is 16.6. The minimum absolute atomic E-state index is 0.140. The summed E-state index contributed by atoms with van der Waals surface area (Å²) >= 11 is 0. The first-order valence-corrected chi connectivity index (χ1v) is 9.14. The molecule has 0 spiro atoms. The maximum absolute atomic E-state index is 12.4. The fourth-order valence-corrected chi connectivity index (χ4v) is 3.49. The first-order valence-electron chi connectivity index (χ1n) is 9.14. The van der Waals surface area contributed by atoms with Crippen molar-refractivity contribution in [1.29, 1.82) is 0 Å². The molecule has 1 fully saturated rings. The van der Waals surface area contributed by atoms with Gasteiger partial charge in [0.2, 0.25) is 0 Å². The molecule has 1 aliphatic carbocycles. The van der Waals surface area contributed by atoms with Crippen LogP contribution in [0.25, 0.3) is 0 Å². The Morgan fingerprint density at radius 2 is 1.81 bits per heavy atom. The summed E-state index contributed by atoms with van der Waals surface area (Å²) in [7, 11) is 0. The zero-order valence-electron chi connectivity index (χ0n) is 15.7. The molecule has 0 aromatic heterocycles. The lowest BCUT2D eigenvalue weighted by Crippen LogP contribution is -2.41. The van der Waals surface area contributed by atoms with E-state index in [1.807, 2.05) is 32.0 Å². The predicted molar refractivity (Wildman–Crippen MR) is 99.3 cm³/mol. The van der Waals surface area contributed by atoms with Crippen molar-refractivity contribution in [3.8, 4) is 0 Å². The normalized spacial score (nSPS) is 23.3. The lowest BCUT2D eigenvalue weighted by Gasteiger charge is -2.39. The van der Waals surface area contributed by atoms with Gasteiger partial charge in [0, 0.05) is 12.0 Å². The lowest BCUT2D eigenvalue weighted by atomic mass is 9.68. The quantitative estimate of drug-likeness (QED) is 0.726. The van der Waals surface area contributed by atoms with Gasteiger partial charge in [-0.3, -0.25) is 4.79 Å². The van der Waals surface area contributed by atoms with Crippen molar-refractivity contribution in [3.63, 3.8) is 0 Å². The SMILES string of the molecule is CC(C)(CN)OC(=O)C1CCC(COC(N)=O)(Cc2ccccc2)CC1.